The number of rotatable bonds is 3. The number of aromatic nitrogens is 1. The first-order valence-corrected chi connectivity index (χ1v) is 6.11. The Bertz CT molecular complexity index is 672. The van der Waals surface area contributed by atoms with Gasteiger partial charge in [0.1, 0.15) is 6.07 Å². The molecule has 4 heteroatoms. The van der Waals surface area contributed by atoms with Gasteiger partial charge >= 0.3 is 5.97 Å². The van der Waals surface area contributed by atoms with E-state index in [0.717, 1.165) is 28.6 Å². The van der Waals surface area contributed by atoms with Gasteiger partial charge in [-0.25, -0.2) is 4.79 Å². The molecule has 0 aliphatic carbocycles. The zero-order valence-electron chi connectivity index (χ0n) is 10.9. The number of ether oxygens (including phenoxy) is 1. The molecule has 4 nitrogen and oxygen atoms in total. The second-order valence-corrected chi connectivity index (χ2v) is 4.16. The number of fused-ring (bicyclic) bond motifs is 1. The van der Waals surface area contributed by atoms with Crippen LogP contribution in [0.5, 0.6) is 0 Å². The Hall–Kier alpha value is -2.41. The van der Waals surface area contributed by atoms with Crippen LogP contribution in [0.15, 0.2) is 24.3 Å². The van der Waals surface area contributed by atoms with E-state index in [4.69, 9.17) is 10.00 Å². The molecular weight excluding hydrogens is 240 g/mol. The molecule has 1 heterocycles. The van der Waals surface area contributed by atoms with Gasteiger partial charge in [0.15, 0.2) is 6.61 Å². The van der Waals surface area contributed by atoms with Crippen molar-refractivity contribution in [3.05, 3.63) is 41.1 Å². The highest BCUT2D eigenvalue weighted by molar-refractivity contribution is 6.05. The molecule has 0 fully saturated rings. The number of hydrogen-bond donors (Lipinski definition) is 0. The normalized spacial score (nSPS) is 10.2. The van der Waals surface area contributed by atoms with Crippen molar-refractivity contribution < 1.29 is 9.53 Å². The third-order valence-corrected chi connectivity index (χ3v) is 3.04. The Morgan fingerprint density at radius 3 is 2.84 bits per heavy atom. The van der Waals surface area contributed by atoms with Crippen LogP contribution in [0.25, 0.3) is 10.9 Å². The van der Waals surface area contributed by atoms with E-state index in [-0.39, 0.29) is 6.61 Å². The maximum atomic E-state index is 12.1. The van der Waals surface area contributed by atoms with Crippen molar-refractivity contribution in [3.63, 3.8) is 0 Å². The lowest BCUT2D eigenvalue weighted by molar-refractivity contribution is 0.0556. The number of benzene rings is 1. The molecule has 2 aromatic rings. The van der Waals surface area contributed by atoms with Crippen molar-refractivity contribution in [1.82, 2.24) is 4.98 Å². The van der Waals surface area contributed by atoms with Crippen LogP contribution in [-0.4, -0.2) is 17.6 Å². The Kier molecular flexibility index (Phi) is 3.76. The first-order chi connectivity index (χ1) is 9.19. The SMILES string of the molecule is CCc1nc2ccccc2c(C(=O)OCC#N)c1C. The highest BCUT2D eigenvalue weighted by Gasteiger charge is 2.18. The van der Waals surface area contributed by atoms with Crippen LogP contribution < -0.4 is 0 Å². The van der Waals surface area contributed by atoms with E-state index in [1.165, 1.54) is 0 Å². The maximum Gasteiger partial charge on any atom is 0.340 e. The molecule has 1 aromatic carbocycles. The van der Waals surface area contributed by atoms with E-state index in [9.17, 15) is 4.79 Å². The van der Waals surface area contributed by atoms with E-state index in [0.29, 0.717) is 5.56 Å². The van der Waals surface area contributed by atoms with Gasteiger partial charge in [-0.1, -0.05) is 25.1 Å². The predicted octanol–water partition coefficient (Wildman–Crippen LogP) is 2.79. The van der Waals surface area contributed by atoms with Crippen LogP contribution in [-0.2, 0) is 11.2 Å². The quantitative estimate of drug-likeness (QED) is 0.790. The largest absolute Gasteiger partial charge is 0.447 e. The summed E-state index contributed by atoms with van der Waals surface area (Å²) in [5, 5.41) is 9.27. The monoisotopic (exact) mass is 254 g/mol. The van der Waals surface area contributed by atoms with E-state index in [2.05, 4.69) is 4.98 Å². The average molecular weight is 254 g/mol. The van der Waals surface area contributed by atoms with Crippen LogP contribution in [0.3, 0.4) is 0 Å². The second kappa shape index (κ2) is 5.49. The lowest BCUT2D eigenvalue weighted by Gasteiger charge is -2.12. The van der Waals surface area contributed by atoms with Gasteiger partial charge in [-0.2, -0.15) is 5.26 Å². The zero-order chi connectivity index (χ0) is 13.8. The molecule has 0 radical (unpaired) electrons. The molecule has 0 bridgehead atoms. The lowest BCUT2D eigenvalue weighted by Crippen LogP contribution is -2.11. The van der Waals surface area contributed by atoms with Gasteiger partial charge in [-0.15, -0.1) is 0 Å². The van der Waals surface area contributed by atoms with Gasteiger partial charge in [0.05, 0.1) is 11.1 Å². The number of carbonyl (C=O) groups is 1. The van der Waals surface area contributed by atoms with Crippen molar-refractivity contribution in [2.45, 2.75) is 20.3 Å². The van der Waals surface area contributed by atoms with Gasteiger partial charge in [-0.05, 0) is 25.0 Å². The Balaban J connectivity index is 2.66. The van der Waals surface area contributed by atoms with Crippen molar-refractivity contribution in [2.75, 3.05) is 6.61 Å². The van der Waals surface area contributed by atoms with E-state index >= 15 is 0 Å². The number of nitrogens with zero attached hydrogens (tertiary/aromatic N) is 2. The van der Waals surface area contributed by atoms with Gasteiger partial charge in [0.25, 0.3) is 0 Å². The average Bonchev–Trinajstić information content (AvgIpc) is 2.44. The summed E-state index contributed by atoms with van der Waals surface area (Å²) in [5.74, 6) is -0.465. The molecular formula is C15H14N2O2. The molecule has 0 unspecified atom stereocenters. The van der Waals surface area contributed by atoms with Crippen LogP contribution >= 0.6 is 0 Å². The molecule has 19 heavy (non-hydrogen) atoms. The summed E-state index contributed by atoms with van der Waals surface area (Å²) in [6.07, 6.45) is 0.745. The number of pyridine rings is 1. The summed E-state index contributed by atoms with van der Waals surface area (Å²) >= 11 is 0. The number of esters is 1. The molecule has 0 aliphatic heterocycles. The molecule has 0 aliphatic rings. The fourth-order valence-electron chi connectivity index (χ4n) is 2.14. The van der Waals surface area contributed by atoms with Crippen molar-refractivity contribution in [3.8, 4) is 6.07 Å². The Morgan fingerprint density at radius 1 is 1.42 bits per heavy atom. The molecule has 96 valence electrons. The van der Waals surface area contributed by atoms with Crippen LogP contribution in [0.2, 0.25) is 0 Å². The Morgan fingerprint density at radius 2 is 2.16 bits per heavy atom. The van der Waals surface area contributed by atoms with Crippen molar-refractivity contribution >= 4 is 16.9 Å². The highest BCUT2D eigenvalue weighted by Crippen LogP contribution is 2.24. The fourth-order valence-corrected chi connectivity index (χ4v) is 2.14. The fraction of sp³-hybridized carbons (Fsp3) is 0.267. The number of carbonyl (C=O) groups excluding carboxylic acids is 1. The number of hydrogen-bond acceptors (Lipinski definition) is 4. The number of para-hydroxylation sites is 1. The minimum Gasteiger partial charge on any atom is -0.447 e. The summed E-state index contributed by atoms with van der Waals surface area (Å²) in [5.41, 5.74) is 2.98. The standard InChI is InChI=1S/C15H14N2O2/c1-3-12-10(2)14(15(18)19-9-8-16)11-6-4-5-7-13(11)17-12/h4-7H,3,9H2,1-2H3. The van der Waals surface area contributed by atoms with Crippen LogP contribution in [0.1, 0.15) is 28.5 Å². The molecule has 0 amide bonds. The van der Waals surface area contributed by atoms with Crippen LogP contribution in [0.4, 0.5) is 0 Å². The number of nitriles is 1. The van der Waals surface area contributed by atoms with Crippen molar-refractivity contribution in [1.29, 1.82) is 5.26 Å². The first-order valence-electron chi connectivity index (χ1n) is 6.11. The topological polar surface area (TPSA) is 63.0 Å². The smallest absolute Gasteiger partial charge is 0.340 e. The van der Waals surface area contributed by atoms with E-state index in [1.54, 1.807) is 6.07 Å². The van der Waals surface area contributed by atoms with E-state index in [1.807, 2.05) is 38.1 Å². The minimum absolute atomic E-state index is 0.240. The minimum atomic E-state index is -0.465. The lowest BCUT2D eigenvalue weighted by atomic mass is 10.0. The highest BCUT2D eigenvalue weighted by atomic mass is 16.5. The van der Waals surface area contributed by atoms with Gasteiger partial charge in [0.2, 0.25) is 0 Å². The molecule has 0 N–H and O–H groups in total. The Labute approximate surface area is 111 Å². The molecule has 0 atom stereocenters. The third kappa shape index (κ3) is 2.41. The van der Waals surface area contributed by atoms with E-state index < -0.39 is 5.97 Å². The first kappa shape index (κ1) is 13.0. The third-order valence-electron chi connectivity index (χ3n) is 3.04. The van der Waals surface area contributed by atoms with Crippen molar-refractivity contribution in [2.24, 2.45) is 0 Å². The summed E-state index contributed by atoms with van der Waals surface area (Å²) in [7, 11) is 0. The summed E-state index contributed by atoms with van der Waals surface area (Å²) < 4.78 is 4.94. The summed E-state index contributed by atoms with van der Waals surface area (Å²) in [6, 6.07) is 9.26. The molecule has 0 saturated carbocycles. The number of aryl methyl sites for hydroxylation is 1. The molecule has 0 saturated heterocycles. The maximum absolute atomic E-state index is 12.1. The molecule has 2 rings (SSSR count). The summed E-state index contributed by atoms with van der Waals surface area (Å²) in [6.45, 7) is 3.62. The second-order valence-electron chi connectivity index (χ2n) is 4.16. The zero-order valence-corrected chi connectivity index (χ0v) is 10.9. The van der Waals surface area contributed by atoms with Gasteiger partial charge < -0.3 is 4.74 Å². The summed E-state index contributed by atoms with van der Waals surface area (Å²) in [4.78, 5) is 16.6. The van der Waals surface area contributed by atoms with Gasteiger partial charge in [0, 0.05) is 11.1 Å². The molecule has 1 aromatic heterocycles. The predicted molar refractivity (Wildman–Crippen MR) is 71.8 cm³/mol. The molecule has 0 spiro atoms. The van der Waals surface area contributed by atoms with Crippen LogP contribution in [0, 0.1) is 18.3 Å². The van der Waals surface area contributed by atoms with Gasteiger partial charge in [-0.3, -0.25) is 4.98 Å².